The number of amides is 8. The average molecular weight is 1240 g/mol. The third-order valence-electron chi connectivity index (χ3n) is 13.3. The Morgan fingerprint density at radius 1 is 0.807 bits per heavy atom. The number of alkyl halides is 3. The molecule has 3 aliphatic rings. The number of pyridine rings is 1. The zero-order valence-corrected chi connectivity index (χ0v) is 49.4. The Bertz CT molecular complexity index is 3010. The second-order valence-corrected chi connectivity index (χ2v) is 22.7. The molecule has 6 atom stereocenters. The van der Waals surface area contributed by atoms with Crippen molar-refractivity contribution in [3.05, 3.63) is 102 Å². The predicted molar refractivity (Wildman–Crippen MR) is 304 cm³/mol. The lowest BCUT2D eigenvalue weighted by Gasteiger charge is -2.39. The van der Waals surface area contributed by atoms with Gasteiger partial charge in [0, 0.05) is 79.3 Å². The number of carbonyl (C=O) groups excluding carboxylic acids is 9. The minimum Gasteiger partial charge on any atom is -0.542 e. The highest BCUT2D eigenvalue weighted by Gasteiger charge is 2.45. The molecule has 3 aliphatic heterocycles. The standard InChI is InChI=1S/C57H74N8O16.C2HF3O2/c1-56(2,3)80-54(76)60-31-41(65-46(69)19-20-47(65)70)51(74)59-25-21-45(68)62-40-29-37(15-17-42(40)78-53-50(73)49(72)48(71)43(34-66)79-53)33-63-26-10-12-36(32-63)16-18-44(67)58-24-8-7-11-35-22-27-64(28-23-35)52(75)38-13-9-14-39(30-38)61-55(77)81-57(4,5)6;3-2(4,5)1(6)7/h9-10,12-20,26,29-30,32,35,41,43,48-50,53,66,71-73H,7-8,11,21-25,27-28,31,33-34H2,1-6H3,(H4-,58,59,60,61,62,67,68,74,76,77);(H,6,7)/b18-16+;/t41?,43-,48-,49+,50+,53+;/m1./s1. The van der Waals surface area contributed by atoms with Gasteiger partial charge in [0.25, 0.3) is 17.7 Å². The molecule has 88 heavy (non-hydrogen) atoms. The van der Waals surface area contributed by atoms with Crippen LogP contribution in [-0.2, 0) is 49.5 Å². The van der Waals surface area contributed by atoms with Crippen LogP contribution in [0.2, 0.25) is 0 Å². The van der Waals surface area contributed by atoms with E-state index in [1.54, 1.807) is 102 Å². The van der Waals surface area contributed by atoms with Crippen molar-refractivity contribution in [2.24, 2.45) is 5.92 Å². The van der Waals surface area contributed by atoms with E-state index in [0.29, 0.717) is 52.8 Å². The topological polar surface area (TPSA) is 365 Å². The molecule has 3 aromatic rings. The molecule has 1 aromatic heterocycles. The van der Waals surface area contributed by atoms with Crippen LogP contribution in [0, 0.1) is 5.92 Å². The summed E-state index contributed by atoms with van der Waals surface area (Å²) >= 11 is 0. The predicted octanol–water partition coefficient (Wildman–Crippen LogP) is 1.96. The summed E-state index contributed by atoms with van der Waals surface area (Å²) in [5.74, 6) is -5.99. The Morgan fingerprint density at radius 2 is 1.47 bits per heavy atom. The van der Waals surface area contributed by atoms with E-state index in [1.165, 1.54) is 12.1 Å². The van der Waals surface area contributed by atoms with E-state index >= 15 is 0 Å². The van der Waals surface area contributed by atoms with Crippen molar-refractivity contribution in [1.82, 2.24) is 25.8 Å². The molecular weight excluding hydrogens is 1170 g/mol. The number of alkyl carbamates (subject to hydrolysis) is 1. The molecule has 2 aromatic carbocycles. The van der Waals surface area contributed by atoms with Crippen LogP contribution < -0.4 is 41.0 Å². The number of halogens is 3. The quantitative estimate of drug-likeness (QED) is 0.0300. The molecule has 26 nitrogen and oxygen atoms in total. The highest BCUT2D eigenvalue weighted by Crippen LogP contribution is 2.31. The number of likely N-dealkylation sites (tertiary alicyclic amines) is 1. The number of aliphatic hydroxyl groups is 4. The van der Waals surface area contributed by atoms with Gasteiger partial charge in [0.15, 0.2) is 18.9 Å². The second-order valence-electron chi connectivity index (χ2n) is 22.7. The lowest BCUT2D eigenvalue weighted by atomic mass is 9.91. The van der Waals surface area contributed by atoms with Gasteiger partial charge in [0.05, 0.1) is 18.8 Å². The Labute approximate surface area is 505 Å². The Hall–Kier alpha value is -8.51. The summed E-state index contributed by atoms with van der Waals surface area (Å²) < 4.78 is 55.4. The van der Waals surface area contributed by atoms with Gasteiger partial charge in [0.1, 0.15) is 53.4 Å². The first kappa shape index (κ1) is 70.3. The van der Waals surface area contributed by atoms with E-state index in [4.69, 9.17) is 28.8 Å². The number of piperidine rings is 1. The summed E-state index contributed by atoms with van der Waals surface area (Å²) in [5, 5.41) is 63.3. The van der Waals surface area contributed by atoms with Crippen LogP contribution in [0.3, 0.4) is 0 Å². The molecule has 0 spiro atoms. The Morgan fingerprint density at radius 3 is 2.10 bits per heavy atom. The summed E-state index contributed by atoms with van der Waals surface area (Å²) in [4.78, 5) is 114. The first-order valence-electron chi connectivity index (χ1n) is 28.1. The number of ether oxygens (including phenoxy) is 4. The minimum atomic E-state index is -5.19. The lowest BCUT2D eigenvalue weighted by Crippen LogP contribution is -2.60. The number of carbonyl (C=O) groups is 9. The van der Waals surface area contributed by atoms with Crippen molar-refractivity contribution in [3.8, 4) is 5.75 Å². The number of nitrogens with zero attached hydrogens (tertiary/aromatic N) is 3. The van der Waals surface area contributed by atoms with Gasteiger partial charge < -0.3 is 75.4 Å². The molecule has 0 radical (unpaired) electrons. The summed E-state index contributed by atoms with van der Waals surface area (Å²) in [6, 6.07) is 13.7. The highest BCUT2D eigenvalue weighted by molar-refractivity contribution is 6.15. The number of carboxylic acids is 1. The number of unbranched alkanes of at least 4 members (excludes halogenated alkanes) is 1. The smallest absolute Gasteiger partial charge is 0.430 e. The number of rotatable bonds is 22. The molecule has 29 heteroatoms. The largest absolute Gasteiger partial charge is 0.542 e. The van der Waals surface area contributed by atoms with E-state index in [9.17, 15) is 72.0 Å². The van der Waals surface area contributed by atoms with Crippen molar-refractivity contribution < 1.29 is 105 Å². The first-order valence-corrected chi connectivity index (χ1v) is 28.1. The molecule has 8 amide bonds. The fraction of sp³-hybridized carbons (Fsp3) is 0.492. The van der Waals surface area contributed by atoms with E-state index in [2.05, 4.69) is 26.6 Å². The molecule has 1 unspecified atom stereocenters. The van der Waals surface area contributed by atoms with Crippen LogP contribution in [0.15, 0.2) is 85.2 Å². The van der Waals surface area contributed by atoms with Crippen LogP contribution in [0.25, 0.3) is 6.08 Å². The molecule has 0 aliphatic carbocycles. The number of carboxylic acid groups (broad SMARTS) is 1. The number of hydrogen-bond donors (Lipinski definition) is 9. The van der Waals surface area contributed by atoms with Crippen molar-refractivity contribution in [3.63, 3.8) is 0 Å². The highest BCUT2D eigenvalue weighted by atomic mass is 19.4. The van der Waals surface area contributed by atoms with Gasteiger partial charge in [-0.3, -0.25) is 39.0 Å². The van der Waals surface area contributed by atoms with Gasteiger partial charge in [-0.25, -0.2) is 14.2 Å². The zero-order chi connectivity index (χ0) is 65.1. The molecule has 2 fully saturated rings. The van der Waals surface area contributed by atoms with Gasteiger partial charge in [-0.2, -0.15) is 13.2 Å². The summed E-state index contributed by atoms with van der Waals surface area (Å²) in [6.45, 7) is 10.7. The monoisotopic (exact) mass is 1240 g/mol. The van der Waals surface area contributed by atoms with E-state index in [1.807, 2.05) is 15.5 Å². The third-order valence-corrected chi connectivity index (χ3v) is 13.3. The van der Waals surface area contributed by atoms with E-state index < -0.39 is 109 Å². The maximum Gasteiger partial charge on any atom is 0.430 e. The van der Waals surface area contributed by atoms with Gasteiger partial charge >= 0.3 is 18.4 Å². The number of anilines is 2. The SMILES string of the molecule is CC(C)(C)OC(=O)NCC(C(=O)NCCC(=O)Nc1cc(C[n+]2cccc(/C=C/C(=O)NCCCCC3CCN(C(=O)c4cccc(NC(=O)OC(C)(C)C)c4)CC3)c2)ccc1O[C@H]1O[C@H](CO)[C@@H](O)[C@H](O)[C@@H]1O)N1C(=O)C=CC1=O.O=C([O-])C(F)(F)F. The molecule has 2 saturated heterocycles. The number of aliphatic hydroxyl groups excluding tert-OH is 4. The first-order chi connectivity index (χ1) is 41.3. The Balaban J connectivity index is 0.00000190. The maximum atomic E-state index is 13.5. The Kier molecular flexibility index (Phi) is 25.5. The minimum absolute atomic E-state index is 0.0367. The summed E-state index contributed by atoms with van der Waals surface area (Å²) in [6.07, 6.45) is -1.98. The molecule has 0 bridgehead atoms. The number of benzene rings is 2. The van der Waals surface area contributed by atoms with E-state index in [0.717, 1.165) is 44.3 Å². The van der Waals surface area contributed by atoms with Gasteiger partial charge in [-0.15, -0.1) is 0 Å². The number of hydrogen-bond acceptors (Lipinski definition) is 18. The molecule has 480 valence electrons. The third kappa shape index (κ3) is 22.6. The van der Waals surface area contributed by atoms with E-state index in [-0.39, 0.29) is 42.8 Å². The van der Waals surface area contributed by atoms with Gasteiger partial charge in [-0.05, 0) is 115 Å². The molecule has 4 heterocycles. The second kappa shape index (κ2) is 31.9. The fourth-order valence-electron chi connectivity index (χ4n) is 9.02. The van der Waals surface area contributed by atoms with Crippen molar-refractivity contribution >= 4 is 71.0 Å². The van der Waals surface area contributed by atoms with Crippen LogP contribution in [0.4, 0.5) is 34.1 Å². The summed E-state index contributed by atoms with van der Waals surface area (Å²) in [5.41, 5.74) is 0.857. The van der Waals surface area contributed by atoms with Gasteiger partial charge in [0.2, 0.25) is 24.0 Å². The molecule has 9 N–H and O–H groups in total. The normalized spacial score (nSPS) is 19.2. The molecule has 6 rings (SSSR count). The van der Waals surface area contributed by atoms with Gasteiger partial charge in [-0.1, -0.05) is 18.9 Å². The van der Waals surface area contributed by atoms with Crippen molar-refractivity contribution in [2.75, 3.05) is 50.0 Å². The van der Waals surface area contributed by atoms with Crippen LogP contribution in [0.1, 0.15) is 102 Å². The number of aliphatic carboxylic acids is 1. The lowest BCUT2D eigenvalue weighted by molar-refractivity contribution is -0.688. The van der Waals surface area contributed by atoms with Crippen LogP contribution in [-0.4, -0.2) is 177 Å². The zero-order valence-electron chi connectivity index (χ0n) is 49.4. The van der Waals surface area contributed by atoms with Crippen LogP contribution >= 0.6 is 0 Å². The van der Waals surface area contributed by atoms with Crippen LogP contribution in [0.5, 0.6) is 5.75 Å². The fourth-order valence-corrected chi connectivity index (χ4v) is 9.02. The number of aromatic nitrogens is 1. The maximum absolute atomic E-state index is 13.5. The molecule has 0 saturated carbocycles. The summed E-state index contributed by atoms with van der Waals surface area (Å²) in [7, 11) is 0. The number of imide groups is 1. The van der Waals surface area contributed by atoms with Crippen molar-refractivity contribution in [2.45, 2.75) is 141 Å². The molecular formula is C59H75F3N8O18. The number of nitrogens with one attached hydrogen (secondary N) is 5. The average Bonchev–Trinajstić information content (AvgIpc) is 3.17. The van der Waals surface area contributed by atoms with Crippen molar-refractivity contribution in [1.29, 1.82) is 0 Å².